The molecule has 0 amide bonds. The Hall–Kier alpha value is -0.0200. The molecule has 0 fully saturated rings. The third-order valence-electron chi connectivity index (χ3n) is 0.807. The number of hydrogen-bond acceptors (Lipinski definition) is 3. The van der Waals surface area contributed by atoms with Crippen molar-refractivity contribution in [3.63, 3.8) is 0 Å². The zero-order chi connectivity index (χ0) is 7.49. The molecule has 0 saturated carbocycles. The molecule has 54 valence electrons. The number of carbonyl (C=O) groups excluding carboxylic acids is 1. The highest BCUT2D eigenvalue weighted by Crippen LogP contribution is 2.19. The average molecular weight is 147 g/mol. The monoisotopic (exact) mass is 147 g/mol. The molecule has 0 saturated heterocycles. The molecule has 0 heterocycles. The van der Waals surface area contributed by atoms with Crippen LogP contribution in [0.3, 0.4) is 0 Å². The summed E-state index contributed by atoms with van der Waals surface area (Å²) in [6.45, 7) is 5.71. The average Bonchev–Trinajstić information content (AvgIpc) is 1.64. The Labute approximate surface area is 60.5 Å². The van der Waals surface area contributed by atoms with E-state index in [-0.39, 0.29) is 10.5 Å². The molecular weight excluding hydrogens is 134 g/mol. The van der Waals surface area contributed by atoms with Crippen LogP contribution in [0.4, 0.5) is 0 Å². The first kappa shape index (κ1) is 8.98. The Morgan fingerprint density at radius 1 is 1.44 bits per heavy atom. The maximum Gasteiger partial charge on any atom is 0.209 e. The maximum atomic E-state index is 11.0. The van der Waals surface area contributed by atoms with Gasteiger partial charge in [-0.15, -0.1) is 0 Å². The highest BCUT2D eigenvalue weighted by Gasteiger charge is 2.20. The SMILES string of the molecule is CNSC(=O)C(C)(C)C. The van der Waals surface area contributed by atoms with Gasteiger partial charge in [0.1, 0.15) is 0 Å². The maximum absolute atomic E-state index is 11.0. The van der Waals surface area contributed by atoms with E-state index >= 15 is 0 Å². The zero-order valence-corrected chi connectivity index (χ0v) is 7.13. The van der Waals surface area contributed by atoms with Crippen LogP contribution in [0.1, 0.15) is 20.8 Å². The highest BCUT2D eigenvalue weighted by atomic mass is 32.2. The van der Waals surface area contributed by atoms with Crippen molar-refractivity contribution in [1.29, 1.82) is 0 Å². The van der Waals surface area contributed by atoms with Gasteiger partial charge in [0.2, 0.25) is 5.12 Å². The molecule has 0 aliphatic heterocycles. The second-order valence-corrected chi connectivity index (χ2v) is 3.83. The second kappa shape index (κ2) is 3.22. The minimum atomic E-state index is -0.228. The Morgan fingerprint density at radius 3 is 2.00 bits per heavy atom. The van der Waals surface area contributed by atoms with Gasteiger partial charge in [-0.25, -0.2) is 0 Å². The van der Waals surface area contributed by atoms with Gasteiger partial charge in [-0.2, -0.15) is 0 Å². The van der Waals surface area contributed by atoms with Crippen molar-refractivity contribution in [2.24, 2.45) is 5.41 Å². The zero-order valence-electron chi connectivity index (χ0n) is 6.32. The fraction of sp³-hybridized carbons (Fsp3) is 0.833. The molecule has 0 radical (unpaired) electrons. The number of carbonyl (C=O) groups is 1. The Morgan fingerprint density at radius 2 is 1.89 bits per heavy atom. The molecule has 3 heteroatoms. The normalized spacial score (nSPS) is 11.6. The lowest BCUT2D eigenvalue weighted by atomic mass is 10.00. The predicted molar refractivity (Wildman–Crippen MR) is 41.1 cm³/mol. The van der Waals surface area contributed by atoms with Gasteiger partial charge in [-0.1, -0.05) is 20.8 Å². The summed E-state index contributed by atoms with van der Waals surface area (Å²) < 4.78 is 2.74. The minimum absolute atomic E-state index is 0.171. The van der Waals surface area contributed by atoms with E-state index in [1.807, 2.05) is 20.8 Å². The largest absolute Gasteiger partial charge is 0.285 e. The van der Waals surface area contributed by atoms with Crippen LogP contribution in [0.25, 0.3) is 0 Å². The number of nitrogens with one attached hydrogen (secondary N) is 1. The van der Waals surface area contributed by atoms with Crippen LogP contribution in [0.2, 0.25) is 0 Å². The van der Waals surface area contributed by atoms with E-state index in [0.717, 1.165) is 11.9 Å². The fourth-order valence-electron chi connectivity index (χ4n) is 0.246. The van der Waals surface area contributed by atoms with Crippen LogP contribution in [0, 0.1) is 5.41 Å². The van der Waals surface area contributed by atoms with Crippen molar-refractivity contribution in [3.05, 3.63) is 0 Å². The van der Waals surface area contributed by atoms with Gasteiger partial charge in [0.05, 0.1) is 0 Å². The van der Waals surface area contributed by atoms with E-state index in [1.54, 1.807) is 7.05 Å². The second-order valence-electron chi connectivity index (χ2n) is 2.84. The molecular formula is C6H13NOS. The quantitative estimate of drug-likeness (QED) is 0.569. The molecule has 2 nitrogen and oxygen atoms in total. The number of rotatable bonds is 1. The van der Waals surface area contributed by atoms with Crippen molar-refractivity contribution >= 4 is 17.1 Å². The van der Waals surface area contributed by atoms with Crippen molar-refractivity contribution in [3.8, 4) is 0 Å². The Balaban J connectivity index is 3.74. The summed E-state index contributed by atoms with van der Waals surface area (Å²) in [5, 5.41) is 0.171. The summed E-state index contributed by atoms with van der Waals surface area (Å²) in [5.41, 5.74) is -0.228. The Bertz CT molecular complexity index is 106. The molecule has 0 aromatic heterocycles. The lowest BCUT2D eigenvalue weighted by molar-refractivity contribution is -0.117. The first-order chi connectivity index (χ1) is 3.98. The molecule has 1 N–H and O–H groups in total. The molecule has 0 unspecified atom stereocenters. The molecule has 0 spiro atoms. The van der Waals surface area contributed by atoms with E-state index in [2.05, 4.69) is 4.72 Å². The molecule has 0 atom stereocenters. The van der Waals surface area contributed by atoms with Gasteiger partial charge in [-0.3, -0.25) is 9.52 Å². The molecule has 0 bridgehead atoms. The van der Waals surface area contributed by atoms with E-state index in [1.165, 1.54) is 0 Å². The van der Waals surface area contributed by atoms with Crippen LogP contribution in [-0.4, -0.2) is 12.2 Å². The van der Waals surface area contributed by atoms with Crippen LogP contribution >= 0.6 is 11.9 Å². The Kier molecular flexibility index (Phi) is 3.22. The minimum Gasteiger partial charge on any atom is -0.285 e. The first-order valence-corrected chi connectivity index (χ1v) is 3.68. The molecule has 0 aromatic carbocycles. The van der Waals surface area contributed by atoms with Crippen molar-refractivity contribution in [2.45, 2.75) is 20.8 Å². The summed E-state index contributed by atoms with van der Waals surface area (Å²) in [6, 6.07) is 0. The lowest BCUT2D eigenvalue weighted by Gasteiger charge is -2.14. The van der Waals surface area contributed by atoms with Crippen molar-refractivity contribution in [2.75, 3.05) is 7.05 Å². The van der Waals surface area contributed by atoms with Crippen molar-refractivity contribution in [1.82, 2.24) is 4.72 Å². The van der Waals surface area contributed by atoms with Gasteiger partial charge in [0.25, 0.3) is 0 Å². The molecule has 0 aromatic rings. The summed E-state index contributed by atoms with van der Waals surface area (Å²) in [7, 11) is 1.74. The van der Waals surface area contributed by atoms with Crippen LogP contribution < -0.4 is 4.72 Å². The predicted octanol–water partition coefficient (Wildman–Crippen LogP) is 1.43. The topological polar surface area (TPSA) is 29.1 Å². The lowest BCUT2D eigenvalue weighted by Crippen LogP contribution is -2.19. The molecule has 0 rings (SSSR count). The third-order valence-corrected chi connectivity index (χ3v) is 1.81. The van der Waals surface area contributed by atoms with Gasteiger partial charge in [-0.05, 0) is 19.0 Å². The van der Waals surface area contributed by atoms with E-state index in [9.17, 15) is 4.79 Å². The van der Waals surface area contributed by atoms with Gasteiger partial charge in [0, 0.05) is 5.41 Å². The molecule has 0 aliphatic carbocycles. The van der Waals surface area contributed by atoms with Gasteiger partial charge >= 0.3 is 0 Å². The third kappa shape index (κ3) is 3.54. The summed E-state index contributed by atoms with van der Waals surface area (Å²) in [5.74, 6) is 0. The van der Waals surface area contributed by atoms with E-state index in [0.29, 0.717) is 0 Å². The smallest absolute Gasteiger partial charge is 0.209 e. The van der Waals surface area contributed by atoms with E-state index < -0.39 is 0 Å². The molecule has 0 aliphatic rings. The van der Waals surface area contributed by atoms with Gasteiger partial charge in [0.15, 0.2) is 0 Å². The van der Waals surface area contributed by atoms with Crippen LogP contribution in [0.15, 0.2) is 0 Å². The standard InChI is InChI=1S/C6H13NOS/c1-6(2,3)5(8)9-7-4/h7H,1-4H3. The van der Waals surface area contributed by atoms with E-state index in [4.69, 9.17) is 0 Å². The highest BCUT2D eigenvalue weighted by molar-refractivity contribution is 8.12. The number of hydrogen-bond donors (Lipinski definition) is 1. The summed E-state index contributed by atoms with van der Waals surface area (Å²) in [4.78, 5) is 11.0. The van der Waals surface area contributed by atoms with Gasteiger partial charge < -0.3 is 0 Å². The first-order valence-electron chi connectivity index (χ1n) is 2.86. The van der Waals surface area contributed by atoms with Crippen LogP contribution in [0.5, 0.6) is 0 Å². The fourth-order valence-corrected chi connectivity index (χ4v) is 0.737. The summed E-state index contributed by atoms with van der Waals surface area (Å²) >= 11 is 1.15. The molecule has 9 heavy (non-hydrogen) atoms. The van der Waals surface area contributed by atoms with Crippen molar-refractivity contribution < 1.29 is 4.79 Å². The van der Waals surface area contributed by atoms with Crippen LogP contribution in [-0.2, 0) is 4.79 Å². The summed E-state index contributed by atoms with van der Waals surface area (Å²) in [6.07, 6.45) is 0.